The average Bonchev–Trinajstić information content (AvgIpc) is 2.77. The van der Waals surface area contributed by atoms with Gasteiger partial charge in [0.25, 0.3) is 0 Å². The molecule has 2 nitrogen and oxygen atoms in total. The van der Waals surface area contributed by atoms with Gasteiger partial charge in [-0.15, -0.1) is 0 Å². The number of nitrogens with zero attached hydrogens (tertiary/aromatic N) is 2. The Morgan fingerprint density at radius 3 is 2.72 bits per heavy atom. The van der Waals surface area contributed by atoms with Crippen LogP contribution in [-0.2, 0) is 0 Å². The predicted octanol–water partition coefficient (Wildman–Crippen LogP) is 4.45. The number of aromatic nitrogens is 2. The third kappa shape index (κ3) is 1.85. The number of benzene rings is 1. The number of pyridine rings is 1. The lowest BCUT2D eigenvalue weighted by Crippen LogP contribution is -1.84. The van der Waals surface area contributed by atoms with E-state index in [1.165, 1.54) is 12.1 Å². The summed E-state index contributed by atoms with van der Waals surface area (Å²) in [5, 5.41) is 0.386. The minimum Gasteiger partial charge on any atom is -0.306 e. The molecule has 2 heterocycles. The zero-order valence-electron chi connectivity index (χ0n) is 9.07. The molecular formula is C13H7Cl2FN2. The van der Waals surface area contributed by atoms with Gasteiger partial charge in [0, 0.05) is 18.0 Å². The molecule has 0 spiro atoms. The van der Waals surface area contributed by atoms with E-state index in [-0.39, 0.29) is 5.02 Å². The minimum absolute atomic E-state index is 0.00696. The highest BCUT2D eigenvalue weighted by Crippen LogP contribution is 2.31. The fraction of sp³-hybridized carbons (Fsp3) is 0. The molecule has 0 saturated heterocycles. The Hall–Kier alpha value is -1.58. The van der Waals surface area contributed by atoms with Crippen LogP contribution in [-0.4, -0.2) is 9.38 Å². The summed E-state index contributed by atoms with van der Waals surface area (Å²) in [6.45, 7) is 0. The summed E-state index contributed by atoms with van der Waals surface area (Å²) in [6.07, 6.45) is 3.66. The third-order valence-corrected chi connectivity index (χ3v) is 3.25. The number of fused-ring (bicyclic) bond motifs is 1. The summed E-state index contributed by atoms with van der Waals surface area (Å²) < 4.78 is 15.3. The molecule has 0 N–H and O–H groups in total. The lowest BCUT2D eigenvalue weighted by atomic mass is 10.1. The van der Waals surface area contributed by atoms with Crippen LogP contribution in [0.15, 0.2) is 42.7 Å². The summed E-state index contributed by atoms with van der Waals surface area (Å²) in [5.74, 6) is -0.506. The molecule has 18 heavy (non-hydrogen) atoms. The lowest BCUT2D eigenvalue weighted by molar-refractivity contribution is 0.629. The third-order valence-electron chi connectivity index (χ3n) is 2.65. The van der Waals surface area contributed by atoms with Crippen molar-refractivity contribution in [3.63, 3.8) is 0 Å². The molecule has 0 unspecified atom stereocenters. The zero-order valence-corrected chi connectivity index (χ0v) is 10.6. The standard InChI is InChI=1S/C13H7Cl2FN2/c14-9-6-10(15)11(16)5-8(9)12-7-18-4-2-1-3-13(18)17-12/h1-7H. The molecule has 0 aliphatic heterocycles. The van der Waals surface area contributed by atoms with Crippen molar-refractivity contribution in [3.05, 3.63) is 58.6 Å². The van der Waals surface area contributed by atoms with Crippen LogP contribution in [0.2, 0.25) is 10.0 Å². The molecule has 2 aromatic heterocycles. The molecule has 0 aliphatic carbocycles. The van der Waals surface area contributed by atoms with E-state index in [4.69, 9.17) is 23.2 Å². The summed E-state index contributed by atoms with van der Waals surface area (Å²) in [4.78, 5) is 4.38. The van der Waals surface area contributed by atoms with Gasteiger partial charge in [-0.3, -0.25) is 0 Å². The van der Waals surface area contributed by atoms with Gasteiger partial charge >= 0.3 is 0 Å². The van der Waals surface area contributed by atoms with E-state index in [9.17, 15) is 4.39 Å². The Bertz CT molecular complexity index is 704. The van der Waals surface area contributed by atoms with Gasteiger partial charge in [-0.1, -0.05) is 29.3 Å². The molecule has 1 aromatic carbocycles. The first-order valence-electron chi connectivity index (χ1n) is 5.24. The molecule has 0 saturated carbocycles. The molecule has 0 atom stereocenters. The maximum atomic E-state index is 13.5. The van der Waals surface area contributed by atoms with Crippen LogP contribution < -0.4 is 0 Å². The topological polar surface area (TPSA) is 17.3 Å². The van der Waals surface area contributed by atoms with Crippen molar-refractivity contribution in [3.8, 4) is 11.3 Å². The first-order valence-corrected chi connectivity index (χ1v) is 5.99. The minimum atomic E-state index is -0.506. The fourth-order valence-corrected chi connectivity index (χ4v) is 2.26. The number of halogens is 3. The number of rotatable bonds is 1. The quantitative estimate of drug-likeness (QED) is 0.602. The summed E-state index contributed by atoms with van der Waals surface area (Å²) in [5.41, 5.74) is 1.92. The highest BCUT2D eigenvalue weighted by atomic mass is 35.5. The van der Waals surface area contributed by atoms with E-state index >= 15 is 0 Å². The number of hydrogen-bond acceptors (Lipinski definition) is 1. The second-order valence-electron chi connectivity index (χ2n) is 3.84. The van der Waals surface area contributed by atoms with E-state index in [2.05, 4.69) is 4.98 Å². The molecule has 0 bridgehead atoms. The first kappa shape index (κ1) is 11.5. The summed E-state index contributed by atoms with van der Waals surface area (Å²) >= 11 is 11.7. The molecule has 0 aliphatic rings. The van der Waals surface area contributed by atoms with Gasteiger partial charge in [-0.25, -0.2) is 9.37 Å². The van der Waals surface area contributed by atoms with Gasteiger partial charge in [0.1, 0.15) is 11.5 Å². The smallest absolute Gasteiger partial charge is 0.142 e. The summed E-state index contributed by atoms with van der Waals surface area (Å²) in [6, 6.07) is 8.33. The van der Waals surface area contributed by atoms with Gasteiger partial charge < -0.3 is 4.40 Å². The van der Waals surface area contributed by atoms with Crippen molar-refractivity contribution in [2.75, 3.05) is 0 Å². The van der Waals surface area contributed by atoms with E-state index in [0.29, 0.717) is 16.3 Å². The Morgan fingerprint density at radius 2 is 1.94 bits per heavy atom. The fourth-order valence-electron chi connectivity index (χ4n) is 1.78. The molecular weight excluding hydrogens is 274 g/mol. The lowest BCUT2D eigenvalue weighted by Gasteiger charge is -2.02. The van der Waals surface area contributed by atoms with Crippen LogP contribution >= 0.6 is 23.2 Å². The Kier molecular flexibility index (Phi) is 2.73. The number of hydrogen-bond donors (Lipinski definition) is 0. The molecule has 0 fully saturated rings. The van der Waals surface area contributed by atoms with Gasteiger partial charge in [-0.05, 0) is 24.3 Å². The normalized spacial score (nSPS) is 11.1. The van der Waals surface area contributed by atoms with Crippen molar-refractivity contribution >= 4 is 28.8 Å². The molecule has 5 heteroatoms. The van der Waals surface area contributed by atoms with Gasteiger partial charge in [0.05, 0.1) is 15.7 Å². The van der Waals surface area contributed by atoms with Crippen molar-refractivity contribution < 1.29 is 4.39 Å². The predicted molar refractivity (Wildman–Crippen MR) is 70.6 cm³/mol. The number of imidazole rings is 1. The van der Waals surface area contributed by atoms with Crippen molar-refractivity contribution in [2.45, 2.75) is 0 Å². The van der Waals surface area contributed by atoms with Crippen LogP contribution in [0.3, 0.4) is 0 Å². The maximum Gasteiger partial charge on any atom is 0.142 e. The van der Waals surface area contributed by atoms with Gasteiger partial charge in [0.15, 0.2) is 0 Å². The van der Waals surface area contributed by atoms with Crippen LogP contribution in [0, 0.1) is 5.82 Å². The van der Waals surface area contributed by atoms with Gasteiger partial charge in [-0.2, -0.15) is 0 Å². The molecule has 90 valence electrons. The summed E-state index contributed by atoms with van der Waals surface area (Å²) in [7, 11) is 0. The average molecular weight is 281 g/mol. The Balaban J connectivity index is 2.22. The maximum absolute atomic E-state index is 13.5. The molecule has 0 amide bonds. The van der Waals surface area contributed by atoms with E-state index in [0.717, 1.165) is 5.65 Å². The van der Waals surface area contributed by atoms with Crippen LogP contribution in [0.4, 0.5) is 4.39 Å². The Morgan fingerprint density at radius 1 is 1.11 bits per heavy atom. The largest absolute Gasteiger partial charge is 0.306 e. The van der Waals surface area contributed by atoms with Crippen LogP contribution in [0.1, 0.15) is 0 Å². The first-order chi connectivity index (χ1) is 8.65. The monoisotopic (exact) mass is 280 g/mol. The van der Waals surface area contributed by atoms with E-state index in [1.54, 1.807) is 6.20 Å². The van der Waals surface area contributed by atoms with Crippen LogP contribution in [0.5, 0.6) is 0 Å². The van der Waals surface area contributed by atoms with E-state index < -0.39 is 5.82 Å². The van der Waals surface area contributed by atoms with Gasteiger partial charge in [0.2, 0.25) is 0 Å². The van der Waals surface area contributed by atoms with Crippen molar-refractivity contribution in [2.24, 2.45) is 0 Å². The highest BCUT2D eigenvalue weighted by molar-refractivity contribution is 6.36. The second-order valence-corrected chi connectivity index (χ2v) is 4.65. The molecule has 0 radical (unpaired) electrons. The van der Waals surface area contributed by atoms with E-state index in [1.807, 2.05) is 28.8 Å². The SMILES string of the molecule is Fc1cc(-c2cn3ccccc3n2)c(Cl)cc1Cl. The van der Waals surface area contributed by atoms with Crippen molar-refractivity contribution in [1.29, 1.82) is 0 Å². The zero-order chi connectivity index (χ0) is 12.7. The second kappa shape index (κ2) is 4.26. The highest BCUT2D eigenvalue weighted by Gasteiger charge is 2.12. The molecule has 3 aromatic rings. The van der Waals surface area contributed by atoms with Crippen LogP contribution in [0.25, 0.3) is 16.9 Å². The van der Waals surface area contributed by atoms with Crippen molar-refractivity contribution in [1.82, 2.24) is 9.38 Å². The molecule has 3 rings (SSSR count). The Labute approximate surface area is 113 Å².